The van der Waals surface area contributed by atoms with Crippen molar-refractivity contribution in [3.63, 3.8) is 0 Å². The zero-order valence-corrected chi connectivity index (χ0v) is 20.5. The van der Waals surface area contributed by atoms with Gasteiger partial charge in [0.15, 0.2) is 0 Å². The minimum absolute atomic E-state index is 0.0325. The maximum atomic E-state index is 10.1. The van der Waals surface area contributed by atoms with E-state index in [-0.39, 0.29) is 24.4 Å². The molecule has 0 aromatic carbocycles. The van der Waals surface area contributed by atoms with Crippen molar-refractivity contribution in [1.29, 1.82) is 5.41 Å². The molecule has 5 nitrogen and oxygen atoms in total. The summed E-state index contributed by atoms with van der Waals surface area (Å²) in [6.07, 6.45) is 7.53. The number of nitrogens with zero attached hydrogens (tertiary/aromatic N) is 1. The second kappa shape index (κ2) is 12.1. The standard InChI is InChI=1S/C26H46N2O3/c1-17(2)18(3)15-25(19(4)14-22-11-12-24(29)26(16-22)30-7)31-20(5)23-10-8-9-13-28(23)21(6)27/h17,19,22-27,29H,3,5,8-16H2,1-2,4,6-7H3/t19-,22+,23+,24-,25+,26-/m1/s1. The van der Waals surface area contributed by atoms with Crippen LogP contribution in [0, 0.1) is 23.2 Å². The Hall–Kier alpha value is -1.33. The fraction of sp³-hybridized carbons (Fsp3) is 0.808. The number of ether oxygens (including phenoxy) is 2. The summed E-state index contributed by atoms with van der Waals surface area (Å²) in [5, 5.41) is 18.3. The fourth-order valence-electron chi connectivity index (χ4n) is 5.13. The number of hydrogen-bond donors (Lipinski definition) is 2. The summed E-state index contributed by atoms with van der Waals surface area (Å²) in [5.41, 5.74) is 1.21. The number of aliphatic hydroxyl groups excluding tert-OH is 1. The van der Waals surface area contributed by atoms with E-state index in [2.05, 4.69) is 38.8 Å². The summed E-state index contributed by atoms with van der Waals surface area (Å²) < 4.78 is 12.1. The zero-order chi connectivity index (χ0) is 23.1. The SMILES string of the molecule is C=C(C[C@H](OC(=C)[C@@H]1CCCCN1C(C)=N)[C@H](C)C[C@@H]1CC[C@@H](O)[C@H](OC)C1)C(C)C. The molecule has 0 radical (unpaired) electrons. The van der Waals surface area contributed by atoms with Crippen LogP contribution in [0.4, 0.5) is 0 Å². The molecule has 1 saturated heterocycles. The lowest BCUT2D eigenvalue weighted by molar-refractivity contribution is -0.0564. The van der Waals surface area contributed by atoms with Gasteiger partial charge >= 0.3 is 0 Å². The molecule has 6 atom stereocenters. The van der Waals surface area contributed by atoms with Crippen LogP contribution in [0.25, 0.3) is 0 Å². The number of rotatable bonds is 10. The molecular weight excluding hydrogens is 388 g/mol. The number of nitrogens with one attached hydrogen (secondary N) is 1. The molecule has 1 aliphatic heterocycles. The first-order chi connectivity index (χ1) is 14.6. The van der Waals surface area contributed by atoms with E-state index in [1.54, 1.807) is 7.11 Å². The maximum absolute atomic E-state index is 10.1. The van der Waals surface area contributed by atoms with Crippen molar-refractivity contribution in [3.05, 3.63) is 24.5 Å². The predicted molar refractivity (Wildman–Crippen MR) is 128 cm³/mol. The van der Waals surface area contributed by atoms with Crippen molar-refractivity contribution < 1.29 is 14.6 Å². The number of piperidine rings is 1. The van der Waals surface area contributed by atoms with E-state index in [9.17, 15) is 5.11 Å². The van der Waals surface area contributed by atoms with E-state index in [0.717, 1.165) is 63.7 Å². The van der Waals surface area contributed by atoms with Crippen LogP contribution in [0.15, 0.2) is 24.5 Å². The van der Waals surface area contributed by atoms with Crippen LogP contribution in [-0.2, 0) is 9.47 Å². The monoisotopic (exact) mass is 434 g/mol. The molecule has 2 rings (SSSR count). The Balaban J connectivity index is 2.07. The molecule has 0 bridgehead atoms. The summed E-state index contributed by atoms with van der Waals surface area (Å²) in [7, 11) is 1.70. The van der Waals surface area contributed by atoms with Crippen LogP contribution >= 0.6 is 0 Å². The first-order valence-corrected chi connectivity index (χ1v) is 12.2. The van der Waals surface area contributed by atoms with Gasteiger partial charge in [0, 0.05) is 20.1 Å². The van der Waals surface area contributed by atoms with Crippen molar-refractivity contribution in [2.24, 2.45) is 17.8 Å². The Kier molecular flexibility index (Phi) is 10.1. The van der Waals surface area contributed by atoms with Crippen molar-refractivity contribution in [1.82, 2.24) is 4.90 Å². The Morgan fingerprint density at radius 3 is 2.48 bits per heavy atom. The molecule has 0 aromatic rings. The van der Waals surface area contributed by atoms with Crippen LogP contribution in [0.3, 0.4) is 0 Å². The van der Waals surface area contributed by atoms with Gasteiger partial charge in [0.1, 0.15) is 11.9 Å². The van der Waals surface area contributed by atoms with E-state index in [1.807, 2.05) is 6.92 Å². The van der Waals surface area contributed by atoms with E-state index < -0.39 is 0 Å². The molecule has 0 aromatic heterocycles. The Morgan fingerprint density at radius 2 is 1.87 bits per heavy atom. The molecule has 1 saturated carbocycles. The molecule has 5 heteroatoms. The van der Waals surface area contributed by atoms with Crippen LogP contribution in [0.5, 0.6) is 0 Å². The van der Waals surface area contributed by atoms with E-state index in [0.29, 0.717) is 23.6 Å². The molecule has 0 unspecified atom stereocenters. The van der Waals surface area contributed by atoms with Gasteiger partial charge in [0.05, 0.1) is 24.1 Å². The average molecular weight is 435 g/mol. The summed E-state index contributed by atoms with van der Waals surface area (Å²) in [4.78, 5) is 2.14. The fourth-order valence-corrected chi connectivity index (χ4v) is 5.13. The van der Waals surface area contributed by atoms with Crippen molar-refractivity contribution in [2.75, 3.05) is 13.7 Å². The molecule has 2 N–H and O–H groups in total. The number of methoxy groups -OCH3 is 1. The third-order valence-electron chi connectivity index (χ3n) is 7.40. The molecule has 2 fully saturated rings. The first kappa shape index (κ1) is 25.9. The third kappa shape index (κ3) is 7.35. The van der Waals surface area contributed by atoms with Crippen LogP contribution in [0.1, 0.15) is 79.1 Å². The summed E-state index contributed by atoms with van der Waals surface area (Å²) >= 11 is 0. The van der Waals surface area contributed by atoms with E-state index >= 15 is 0 Å². The first-order valence-electron chi connectivity index (χ1n) is 12.2. The molecule has 31 heavy (non-hydrogen) atoms. The second-order valence-corrected chi connectivity index (χ2v) is 10.2. The van der Waals surface area contributed by atoms with Crippen LogP contribution in [0.2, 0.25) is 0 Å². The van der Waals surface area contributed by atoms with E-state index in [1.165, 1.54) is 5.57 Å². The summed E-state index contributed by atoms with van der Waals surface area (Å²) in [5.74, 6) is 2.70. The predicted octanol–water partition coefficient (Wildman–Crippen LogP) is 5.54. The highest BCUT2D eigenvalue weighted by molar-refractivity contribution is 5.77. The highest BCUT2D eigenvalue weighted by Gasteiger charge is 2.33. The van der Waals surface area contributed by atoms with Gasteiger partial charge in [0.25, 0.3) is 0 Å². The number of aliphatic hydroxyl groups is 1. The largest absolute Gasteiger partial charge is 0.493 e. The Bertz CT molecular complexity index is 618. The third-order valence-corrected chi connectivity index (χ3v) is 7.40. The lowest BCUT2D eigenvalue weighted by atomic mass is 9.78. The molecule has 1 heterocycles. The average Bonchev–Trinajstić information content (AvgIpc) is 2.74. The van der Waals surface area contributed by atoms with Gasteiger partial charge in [-0.2, -0.15) is 0 Å². The Labute approximate surface area is 190 Å². The number of likely N-dealkylation sites (tertiary alicyclic amines) is 1. The second-order valence-electron chi connectivity index (χ2n) is 10.2. The van der Waals surface area contributed by atoms with Gasteiger partial charge in [-0.25, -0.2) is 0 Å². The lowest BCUT2D eigenvalue weighted by Gasteiger charge is -2.40. The minimum atomic E-state index is -0.342. The number of hydrogen-bond acceptors (Lipinski definition) is 4. The molecule has 178 valence electrons. The molecular formula is C26H46N2O3. The van der Waals surface area contributed by atoms with Crippen LogP contribution in [-0.4, -0.2) is 53.9 Å². The summed E-state index contributed by atoms with van der Waals surface area (Å²) in [6.45, 7) is 18.1. The lowest BCUT2D eigenvalue weighted by Crippen LogP contribution is -2.44. The van der Waals surface area contributed by atoms with Crippen molar-refractivity contribution in [2.45, 2.75) is 103 Å². The quantitative estimate of drug-likeness (QED) is 0.205. The van der Waals surface area contributed by atoms with Gasteiger partial charge in [-0.05, 0) is 69.6 Å². The zero-order valence-electron chi connectivity index (χ0n) is 20.5. The van der Waals surface area contributed by atoms with Gasteiger partial charge < -0.3 is 19.5 Å². The minimum Gasteiger partial charge on any atom is -0.493 e. The van der Waals surface area contributed by atoms with Crippen LogP contribution < -0.4 is 0 Å². The topological polar surface area (TPSA) is 65.8 Å². The van der Waals surface area contributed by atoms with E-state index in [4.69, 9.17) is 14.9 Å². The maximum Gasteiger partial charge on any atom is 0.112 e. The molecule has 2 aliphatic rings. The highest BCUT2D eigenvalue weighted by atomic mass is 16.5. The number of amidine groups is 1. The molecule has 0 amide bonds. The normalized spacial score (nSPS) is 28.8. The van der Waals surface area contributed by atoms with Gasteiger partial charge in [0.2, 0.25) is 0 Å². The van der Waals surface area contributed by atoms with Gasteiger partial charge in [-0.15, -0.1) is 0 Å². The molecule has 1 aliphatic carbocycles. The Morgan fingerprint density at radius 1 is 1.16 bits per heavy atom. The van der Waals surface area contributed by atoms with Crippen molar-refractivity contribution >= 4 is 5.84 Å². The van der Waals surface area contributed by atoms with Gasteiger partial charge in [-0.1, -0.05) is 39.5 Å². The highest BCUT2D eigenvalue weighted by Crippen LogP contribution is 2.35. The summed E-state index contributed by atoms with van der Waals surface area (Å²) in [6, 6.07) is 0.0935. The van der Waals surface area contributed by atoms with Gasteiger partial charge in [-0.3, -0.25) is 5.41 Å². The smallest absolute Gasteiger partial charge is 0.112 e. The van der Waals surface area contributed by atoms with Crippen molar-refractivity contribution in [3.8, 4) is 0 Å². The molecule has 0 spiro atoms.